The van der Waals surface area contributed by atoms with Crippen molar-refractivity contribution in [1.82, 2.24) is 15.0 Å². The molecule has 0 aliphatic carbocycles. The van der Waals surface area contributed by atoms with Crippen molar-refractivity contribution in [2.24, 2.45) is 0 Å². The van der Waals surface area contributed by atoms with Gasteiger partial charge in [0, 0.05) is 43.4 Å². The summed E-state index contributed by atoms with van der Waals surface area (Å²) in [6.07, 6.45) is 6.01. The molecule has 0 unspecified atom stereocenters. The van der Waals surface area contributed by atoms with E-state index in [1.54, 1.807) is 6.20 Å². The Balaban J connectivity index is 0.000000280. The number of hydrogen-bond acceptors (Lipinski definition) is 4. The van der Waals surface area contributed by atoms with Crippen LogP contribution in [0.5, 0.6) is 0 Å². The van der Waals surface area contributed by atoms with Crippen molar-refractivity contribution < 1.29 is 24.5 Å². The summed E-state index contributed by atoms with van der Waals surface area (Å²) in [5, 5.41) is 2.05. The Morgan fingerprint density at radius 2 is 1.47 bits per heavy atom. The van der Waals surface area contributed by atoms with Gasteiger partial charge in [-0.3, -0.25) is 0 Å². The number of nitrogens with zero attached hydrogens (tertiary/aromatic N) is 3. The van der Waals surface area contributed by atoms with Crippen molar-refractivity contribution in [1.29, 1.82) is 0 Å². The van der Waals surface area contributed by atoms with Crippen molar-refractivity contribution >= 4 is 22.1 Å². The number of benzene rings is 3. The number of fused-ring (bicyclic) bond motifs is 3. The van der Waals surface area contributed by atoms with E-state index in [-0.39, 0.29) is 25.5 Å². The Hall–Kier alpha value is -4.44. The van der Waals surface area contributed by atoms with Crippen LogP contribution < -0.4 is 0 Å². The SMILES string of the molecule is CCC(C)(CC)c1cnc(-c2[c-]ccc3c2oc2nc(-c4c(C)cccc4C)ccc23)cc1C.[Ir].[c-]1ccccc1-c1ccccn1. The number of pyridine rings is 3. The second kappa shape index (κ2) is 14.5. The Morgan fingerprint density at radius 1 is 0.702 bits per heavy atom. The molecule has 4 aromatic heterocycles. The van der Waals surface area contributed by atoms with Crippen molar-refractivity contribution in [3.63, 3.8) is 0 Å². The smallest absolute Gasteiger partial charge is 0.216 e. The molecule has 0 saturated heterocycles. The molecular weight excluding hydrogens is 755 g/mol. The van der Waals surface area contributed by atoms with Crippen LogP contribution in [0.2, 0.25) is 0 Å². The Kier molecular flexibility index (Phi) is 10.5. The van der Waals surface area contributed by atoms with Crippen LogP contribution in [0.1, 0.15) is 55.9 Å². The van der Waals surface area contributed by atoms with Gasteiger partial charge in [-0.1, -0.05) is 73.7 Å². The molecule has 0 aliphatic heterocycles. The van der Waals surface area contributed by atoms with E-state index in [2.05, 4.69) is 101 Å². The molecule has 0 spiro atoms. The van der Waals surface area contributed by atoms with E-state index >= 15 is 0 Å². The molecule has 0 fully saturated rings. The molecule has 7 rings (SSSR count). The third kappa shape index (κ3) is 6.83. The van der Waals surface area contributed by atoms with Gasteiger partial charge in [-0.25, -0.2) is 4.98 Å². The number of rotatable bonds is 6. The van der Waals surface area contributed by atoms with E-state index in [9.17, 15) is 0 Å². The van der Waals surface area contributed by atoms with E-state index < -0.39 is 0 Å². The fraction of sp³-hybridized carbons (Fsp3) is 0.214. The minimum absolute atomic E-state index is 0. The van der Waals surface area contributed by atoms with Crippen LogP contribution >= 0.6 is 0 Å². The largest absolute Gasteiger partial charge is 0.486 e. The molecule has 0 atom stereocenters. The average molecular weight is 794 g/mol. The minimum Gasteiger partial charge on any atom is -0.486 e. The van der Waals surface area contributed by atoms with Gasteiger partial charge in [-0.15, -0.1) is 54.1 Å². The summed E-state index contributed by atoms with van der Waals surface area (Å²) in [4.78, 5) is 14.0. The second-order valence-electron chi connectivity index (χ2n) is 12.2. The van der Waals surface area contributed by atoms with Gasteiger partial charge in [-0.05, 0) is 85.3 Å². The van der Waals surface area contributed by atoms with Gasteiger partial charge in [-0.2, -0.15) is 0 Å². The summed E-state index contributed by atoms with van der Waals surface area (Å²) >= 11 is 0. The van der Waals surface area contributed by atoms with Gasteiger partial charge < -0.3 is 14.4 Å². The number of furan rings is 1. The van der Waals surface area contributed by atoms with E-state index in [0.29, 0.717) is 5.71 Å². The standard InChI is InChI=1S/C31H31N2O.C11H8N.Ir/c1-7-31(6,8-2)25-18-32-27(17-21(25)5)24-14-10-13-22-23-15-16-26(33-30(23)34-29(22)24)28-19(3)11-9-12-20(28)4;1-2-6-10(7-3-1)11-8-4-5-9-12-11;/h9-13,15-18H,7-8H2,1-6H3;1-6,8-9H;/q2*-1;. The zero-order chi connectivity index (χ0) is 32.3. The van der Waals surface area contributed by atoms with Gasteiger partial charge in [0.25, 0.3) is 0 Å². The zero-order valence-corrected chi connectivity index (χ0v) is 30.2. The molecule has 239 valence electrons. The maximum absolute atomic E-state index is 6.38. The molecule has 4 heterocycles. The van der Waals surface area contributed by atoms with Crippen LogP contribution in [-0.2, 0) is 25.5 Å². The summed E-state index contributed by atoms with van der Waals surface area (Å²) in [5.74, 6) is 0. The zero-order valence-electron chi connectivity index (χ0n) is 27.8. The van der Waals surface area contributed by atoms with Crippen molar-refractivity contribution in [3.05, 3.63) is 138 Å². The van der Waals surface area contributed by atoms with Crippen LogP contribution in [0.4, 0.5) is 0 Å². The maximum Gasteiger partial charge on any atom is 0.216 e. The molecule has 0 aliphatic rings. The van der Waals surface area contributed by atoms with Crippen LogP contribution in [-0.4, -0.2) is 15.0 Å². The average Bonchev–Trinajstić information content (AvgIpc) is 3.47. The van der Waals surface area contributed by atoms with Crippen LogP contribution in [0.3, 0.4) is 0 Å². The first kappa shape index (κ1) is 33.9. The molecule has 7 aromatic rings. The van der Waals surface area contributed by atoms with E-state index in [1.807, 2.05) is 54.7 Å². The van der Waals surface area contributed by atoms with E-state index in [0.717, 1.165) is 57.4 Å². The second-order valence-corrected chi connectivity index (χ2v) is 12.2. The van der Waals surface area contributed by atoms with E-state index in [4.69, 9.17) is 14.4 Å². The van der Waals surface area contributed by atoms with Crippen LogP contribution in [0.25, 0.3) is 55.8 Å². The molecule has 47 heavy (non-hydrogen) atoms. The number of hydrogen-bond donors (Lipinski definition) is 0. The third-order valence-electron chi connectivity index (χ3n) is 9.26. The molecule has 0 N–H and O–H groups in total. The summed E-state index contributed by atoms with van der Waals surface area (Å²) in [5.41, 5.74) is 12.4. The Labute approximate surface area is 291 Å². The molecule has 4 nitrogen and oxygen atoms in total. The van der Waals surface area contributed by atoms with Crippen LogP contribution in [0.15, 0.2) is 108 Å². The first-order chi connectivity index (χ1) is 22.3. The monoisotopic (exact) mass is 794 g/mol. The fourth-order valence-electron chi connectivity index (χ4n) is 6.20. The molecule has 1 radical (unpaired) electrons. The third-order valence-corrected chi connectivity index (χ3v) is 9.26. The molecule has 0 saturated carbocycles. The maximum atomic E-state index is 6.38. The van der Waals surface area contributed by atoms with Crippen LogP contribution in [0, 0.1) is 32.9 Å². The van der Waals surface area contributed by atoms with Crippen molar-refractivity contribution in [2.75, 3.05) is 0 Å². The summed E-state index contributed by atoms with van der Waals surface area (Å²) in [6, 6.07) is 36.9. The van der Waals surface area contributed by atoms with Gasteiger partial charge >= 0.3 is 0 Å². The summed E-state index contributed by atoms with van der Waals surface area (Å²) in [7, 11) is 0. The quantitative estimate of drug-likeness (QED) is 0.157. The first-order valence-corrected chi connectivity index (χ1v) is 16.0. The van der Waals surface area contributed by atoms with Gasteiger partial charge in [0.05, 0.1) is 11.3 Å². The Morgan fingerprint density at radius 3 is 2.13 bits per heavy atom. The number of aryl methyl sites for hydroxylation is 3. The first-order valence-electron chi connectivity index (χ1n) is 16.0. The molecule has 0 amide bonds. The topological polar surface area (TPSA) is 51.8 Å². The molecular formula is C42H39IrN3O-2. The summed E-state index contributed by atoms with van der Waals surface area (Å²) < 4.78 is 6.38. The predicted octanol–water partition coefficient (Wildman–Crippen LogP) is 11.1. The normalized spacial score (nSPS) is 11.2. The summed E-state index contributed by atoms with van der Waals surface area (Å²) in [6.45, 7) is 13.3. The van der Waals surface area contributed by atoms with Gasteiger partial charge in [0.2, 0.25) is 5.71 Å². The predicted molar refractivity (Wildman–Crippen MR) is 190 cm³/mol. The number of aromatic nitrogens is 3. The minimum atomic E-state index is 0. The molecule has 3 aromatic carbocycles. The molecule has 5 heteroatoms. The van der Waals surface area contributed by atoms with Gasteiger partial charge in [0.15, 0.2) is 0 Å². The van der Waals surface area contributed by atoms with E-state index in [1.165, 1.54) is 27.8 Å². The van der Waals surface area contributed by atoms with Gasteiger partial charge in [0.1, 0.15) is 0 Å². The fourth-order valence-corrected chi connectivity index (χ4v) is 6.20. The molecule has 0 bridgehead atoms. The van der Waals surface area contributed by atoms with Crippen molar-refractivity contribution in [3.8, 4) is 33.8 Å². The van der Waals surface area contributed by atoms with Crippen molar-refractivity contribution in [2.45, 2.75) is 59.8 Å². The Bertz CT molecular complexity index is 2060.